The van der Waals surface area contributed by atoms with E-state index in [1.54, 1.807) is 6.20 Å². The fraction of sp³-hybridized carbons (Fsp3) is 0.382. The fourth-order valence-corrected chi connectivity index (χ4v) is 7.28. The number of piperidine rings is 3. The van der Waals surface area contributed by atoms with Crippen LogP contribution in [0.5, 0.6) is 0 Å². The SMILES string of the molecule is O=C1c2ccc(Nc3ncc(-c4nc(C56CCN(CC5)CC6)no4)c(N[C@H](CO)c4ccccc4)n3)cc2C2CC=CCCN12. The molecule has 11 nitrogen and oxygen atoms in total. The number of carbonyl (C=O) groups is 1. The minimum Gasteiger partial charge on any atom is -0.394 e. The Kier molecular flexibility index (Phi) is 7.06. The maximum absolute atomic E-state index is 13.1. The average molecular weight is 605 g/mol. The van der Waals surface area contributed by atoms with Gasteiger partial charge in [-0.1, -0.05) is 47.6 Å². The molecule has 1 unspecified atom stereocenters. The number of aliphatic hydroxyl groups is 1. The van der Waals surface area contributed by atoms with Crippen molar-refractivity contribution in [1.82, 2.24) is 29.9 Å². The lowest BCUT2D eigenvalue weighted by Gasteiger charge is -2.46. The third-order valence-electron chi connectivity index (χ3n) is 9.93. The zero-order chi connectivity index (χ0) is 30.4. The van der Waals surface area contributed by atoms with E-state index in [0.29, 0.717) is 23.2 Å². The van der Waals surface area contributed by atoms with Crippen LogP contribution in [0.4, 0.5) is 17.5 Å². The topological polar surface area (TPSA) is 133 Å². The Balaban J connectivity index is 1.12. The summed E-state index contributed by atoms with van der Waals surface area (Å²) in [5.74, 6) is 2.03. The van der Waals surface area contributed by atoms with Gasteiger partial charge in [0.1, 0.15) is 11.4 Å². The van der Waals surface area contributed by atoms with Crippen molar-refractivity contribution in [2.75, 3.05) is 43.4 Å². The Morgan fingerprint density at radius 1 is 1.00 bits per heavy atom. The number of anilines is 3. The summed E-state index contributed by atoms with van der Waals surface area (Å²) in [6.07, 6.45) is 10.7. The summed E-state index contributed by atoms with van der Waals surface area (Å²) in [6.45, 7) is 3.75. The van der Waals surface area contributed by atoms with E-state index >= 15 is 0 Å². The second-order valence-electron chi connectivity index (χ2n) is 12.5. The van der Waals surface area contributed by atoms with Gasteiger partial charge in [0.25, 0.3) is 11.8 Å². The van der Waals surface area contributed by atoms with Gasteiger partial charge in [-0.2, -0.15) is 9.97 Å². The second kappa shape index (κ2) is 11.4. The molecule has 3 saturated heterocycles. The summed E-state index contributed by atoms with van der Waals surface area (Å²) in [5.41, 5.74) is 4.00. The van der Waals surface area contributed by atoms with Crippen molar-refractivity contribution in [3.63, 3.8) is 0 Å². The van der Waals surface area contributed by atoms with E-state index in [1.165, 1.54) is 0 Å². The van der Waals surface area contributed by atoms with Gasteiger partial charge in [-0.25, -0.2) is 4.98 Å². The third kappa shape index (κ3) is 5.05. The van der Waals surface area contributed by atoms with Crippen molar-refractivity contribution >= 4 is 23.4 Å². The molecule has 3 N–H and O–H groups in total. The van der Waals surface area contributed by atoms with Crippen LogP contribution in [0, 0.1) is 0 Å². The van der Waals surface area contributed by atoms with Crippen LogP contribution in [0.3, 0.4) is 0 Å². The molecule has 2 aromatic carbocycles. The van der Waals surface area contributed by atoms with E-state index in [1.807, 2.05) is 53.4 Å². The minimum atomic E-state index is -0.420. The molecule has 4 aromatic rings. The number of benzene rings is 2. The molecule has 7 heterocycles. The van der Waals surface area contributed by atoms with Crippen LogP contribution in [0.15, 0.2) is 71.4 Å². The predicted molar refractivity (Wildman–Crippen MR) is 169 cm³/mol. The maximum Gasteiger partial charge on any atom is 0.263 e. The highest BCUT2D eigenvalue weighted by molar-refractivity contribution is 5.99. The Morgan fingerprint density at radius 2 is 1.82 bits per heavy atom. The van der Waals surface area contributed by atoms with Gasteiger partial charge in [0.2, 0.25) is 5.95 Å². The number of nitrogens with zero attached hydrogens (tertiary/aromatic N) is 6. The Morgan fingerprint density at radius 3 is 2.62 bits per heavy atom. The second-order valence-corrected chi connectivity index (χ2v) is 12.5. The first kappa shape index (κ1) is 27.9. The molecule has 45 heavy (non-hydrogen) atoms. The molecule has 0 radical (unpaired) electrons. The molecule has 3 fully saturated rings. The first-order chi connectivity index (χ1) is 22.1. The van der Waals surface area contributed by atoms with Crippen LogP contribution in [-0.2, 0) is 5.41 Å². The van der Waals surface area contributed by atoms with Crippen molar-refractivity contribution in [1.29, 1.82) is 0 Å². The van der Waals surface area contributed by atoms with E-state index in [2.05, 4.69) is 37.8 Å². The highest BCUT2D eigenvalue weighted by atomic mass is 16.5. The molecule has 11 heteroatoms. The maximum atomic E-state index is 13.1. The van der Waals surface area contributed by atoms with Crippen LogP contribution in [0.1, 0.15) is 71.5 Å². The van der Waals surface area contributed by atoms with Crippen LogP contribution in [0.25, 0.3) is 11.5 Å². The van der Waals surface area contributed by atoms with E-state index in [4.69, 9.17) is 14.5 Å². The molecular formula is C34H36N8O3. The summed E-state index contributed by atoms with van der Waals surface area (Å²) < 4.78 is 5.87. The summed E-state index contributed by atoms with van der Waals surface area (Å²) in [7, 11) is 0. The van der Waals surface area contributed by atoms with Crippen molar-refractivity contribution in [2.45, 2.75) is 49.6 Å². The standard InChI is InChI=1S/C34H36N8O3/c43-21-27(22-7-3-1-4-8-22)37-29-26(30-39-32(40-45-30)34-12-16-41(17-13-34)18-14-34)20-35-33(38-29)36-23-10-11-24-25(19-23)28-9-5-2-6-15-42(28)31(24)44/h1-5,7-8,10-11,19-20,27-28,43H,6,9,12-18,21H2,(H2,35,36,37,38)/t27-,28?/m1/s1. The van der Waals surface area contributed by atoms with Gasteiger partial charge in [-0.05, 0) is 81.1 Å². The lowest BCUT2D eigenvalue weighted by Crippen LogP contribution is -2.51. The highest BCUT2D eigenvalue weighted by Gasteiger charge is 2.44. The molecule has 2 bridgehead atoms. The summed E-state index contributed by atoms with van der Waals surface area (Å²) in [6, 6.07) is 15.2. The molecule has 230 valence electrons. The minimum absolute atomic E-state index is 0.0345. The number of aromatic nitrogens is 4. The molecule has 1 amide bonds. The molecular weight excluding hydrogens is 568 g/mol. The Hall–Kier alpha value is -4.61. The number of amides is 1. The highest BCUT2D eigenvalue weighted by Crippen LogP contribution is 2.43. The smallest absolute Gasteiger partial charge is 0.263 e. The van der Waals surface area contributed by atoms with Gasteiger partial charge < -0.3 is 30.1 Å². The van der Waals surface area contributed by atoms with Crippen LogP contribution in [0.2, 0.25) is 0 Å². The summed E-state index contributed by atoms with van der Waals surface area (Å²) in [5, 5.41) is 21.6. The van der Waals surface area contributed by atoms with Gasteiger partial charge in [0.15, 0.2) is 5.82 Å². The number of aliphatic hydroxyl groups excluding tert-OH is 1. The molecule has 2 aromatic heterocycles. The van der Waals surface area contributed by atoms with E-state index in [-0.39, 0.29) is 24.0 Å². The Bertz CT molecular complexity index is 1730. The van der Waals surface area contributed by atoms with Gasteiger partial charge in [-0.3, -0.25) is 4.79 Å². The zero-order valence-electron chi connectivity index (χ0n) is 25.0. The predicted octanol–water partition coefficient (Wildman–Crippen LogP) is 5.00. The largest absolute Gasteiger partial charge is 0.394 e. The van der Waals surface area contributed by atoms with Crippen molar-refractivity contribution < 1.29 is 14.4 Å². The fourth-order valence-electron chi connectivity index (χ4n) is 7.28. The molecule has 2 atom stereocenters. The number of nitrogens with one attached hydrogen (secondary N) is 2. The number of hydrogen-bond acceptors (Lipinski definition) is 10. The van der Waals surface area contributed by atoms with Crippen molar-refractivity contribution in [3.8, 4) is 11.5 Å². The monoisotopic (exact) mass is 604 g/mol. The third-order valence-corrected chi connectivity index (χ3v) is 9.93. The molecule has 5 aliphatic heterocycles. The molecule has 5 aliphatic rings. The van der Waals surface area contributed by atoms with E-state index in [9.17, 15) is 9.90 Å². The van der Waals surface area contributed by atoms with Crippen LogP contribution < -0.4 is 10.6 Å². The first-order valence-electron chi connectivity index (χ1n) is 15.8. The van der Waals surface area contributed by atoms with Gasteiger partial charge in [0.05, 0.1) is 18.7 Å². The van der Waals surface area contributed by atoms with Gasteiger partial charge in [0, 0.05) is 29.4 Å². The van der Waals surface area contributed by atoms with Crippen molar-refractivity contribution in [2.24, 2.45) is 0 Å². The van der Waals surface area contributed by atoms with Crippen molar-refractivity contribution in [3.05, 3.63) is 89.4 Å². The Labute approximate surface area is 261 Å². The average Bonchev–Trinajstić information content (AvgIpc) is 3.59. The number of rotatable bonds is 8. The molecule has 0 saturated carbocycles. The normalized spacial score (nSPS) is 24.2. The quantitative estimate of drug-likeness (QED) is 0.236. The molecule has 0 spiro atoms. The number of fused-ring (bicyclic) bond motifs is 6. The van der Waals surface area contributed by atoms with Gasteiger partial charge >= 0.3 is 0 Å². The number of hydrogen-bond donors (Lipinski definition) is 3. The lowest BCUT2D eigenvalue weighted by molar-refractivity contribution is 0.0734. The molecule has 9 rings (SSSR count). The van der Waals surface area contributed by atoms with E-state index in [0.717, 1.165) is 86.5 Å². The number of carbonyl (C=O) groups excluding carboxylic acids is 1. The van der Waals surface area contributed by atoms with Gasteiger partial charge in [-0.15, -0.1) is 0 Å². The first-order valence-corrected chi connectivity index (χ1v) is 15.8. The zero-order valence-corrected chi connectivity index (χ0v) is 25.0. The molecule has 0 aliphatic carbocycles. The van der Waals surface area contributed by atoms with Crippen LogP contribution >= 0.6 is 0 Å². The lowest BCUT2D eigenvalue weighted by atomic mass is 9.71. The summed E-state index contributed by atoms with van der Waals surface area (Å²) in [4.78, 5) is 31.9. The van der Waals surface area contributed by atoms with Crippen LogP contribution in [-0.4, -0.2) is 73.7 Å². The summed E-state index contributed by atoms with van der Waals surface area (Å²) >= 11 is 0. The van der Waals surface area contributed by atoms with E-state index < -0.39 is 6.04 Å².